The molecule has 0 aliphatic carbocycles. The van der Waals surface area contributed by atoms with E-state index in [-0.39, 0.29) is 5.75 Å². The fraction of sp³-hybridized carbons (Fsp3) is 0.400. The second-order valence-corrected chi connectivity index (χ2v) is 4.00. The van der Waals surface area contributed by atoms with Crippen LogP contribution in [-0.2, 0) is 0 Å². The maximum atomic E-state index is 9.75. The molecule has 0 radical (unpaired) electrons. The summed E-state index contributed by atoms with van der Waals surface area (Å²) in [4.78, 5) is 0. The number of rotatable bonds is 3. The van der Waals surface area contributed by atoms with Crippen molar-refractivity contribution in [3.05, 3.63) is 27.7 Å². The number of likely N-dealkylation sites (N-methyl/N-ethyl adjacent to an activating group) is 1. The van der Waals surface area contributed by atoms with E-state index in [9.17, 15) is 10.2 Å². The number of hydrogen-bond donors (Lipinski definition) is 3. The molecular weight excluding hydrogens is 246 g/mol. The number of aliphatic hydroxyl groups excluding tert-OH is 1. The number of aliphatic hydroxyl groups is 1. The predicted octanol–water partition coefficient (Wildman–Crippen LogP) is 1.72. The number of aromatic hydroxyl groups is 1. The van der Waals surface area contributed by atoms with E-state index in [1.807, 2.05) is 6.92 Å². The highest BCUT2D eigenvalue weighted by atomic mass is 79.9. The molecular formula is C10H14BrNO2. The minimum atomic E-state index is -0.700. The molecule has 4 heteroatoms. The highest BCUT2D eigenvalue weighted by molar-refractivity contribution is 9.10. The Labute approximate surface area is 91.9 Å². The Balaban J connectivity index is 3.11. The fourth-order valence-corrected chi connectivity index (χ4v) is 1.90. The van der Waals surface area contributed by atoms with Crippen LogP contribution in [0.25, 0.3) is 0 Å². The summed E-state index contributed by atoms with van der Waals surface area (Å²) >= 11 is 3.35. The van der Waals surface area contributed by atoms with Gasteiger partial charge in [0.15, 0.2) is 0 Å². The minimum absolute atomic E-state index is 0.116. The second-order valence-electron chi connectivity index (χ2n) is 3.20. The fourth-order valence-electron chi connectivity index (χ4n) is 1.30. The summed E-state index contributed by atoms with van der Waals surface area (Å²) in [6, 6.07) is 3.39. The largest absolute Gasteiger partial charge is 0.508 e. The van der Waals surface area contributed by atoms with E-state index in [2.05, 4.69) is 21.2 Å². The Morgan fingerprint density at radius 3 is 2.71 bits per heavy atom. The van der Waals surface area contributed by atoms with Crippen LogP contribution in [0.3, 0.4) is 0 Å². The Morgan fingerprint density at radius 1 is 1.50 bits per heavy atom. The summed E-state index contributed by atoms with van der Waals surface area (Å²) in [5.74, 6) is 0.116. The lowest BCUT2D eigenvalue weighted by molar-refractivity contribution is 0.173. The second kappa shape index (κ2) is 4.77. The Morgan fingerprint density at radius 2 is 2.14 bits per heavy atom. The zero-order valence-corrected chi connectivity index (χ0v) is 9.80. The van der Waals surface area contributed by atoms with Crippen LogP contribution in [0.1, 0.15) is 17.2 Å². The van der Waals surface area contributed by atoms with Gasteiger partial charge in [-0.15, -0.1) is 0 Å². The third kappa shape index (κ3) is 2.26. The molecule has 14 heavy (non-hydrogen) atoms. The molecule has 0 fully saturated rings. The first-order chi connectivity index (χ1) is 6.57. The van der Waals surface area contributed by atoms with Crippen LogP contribution in [0.4, 0.5) is 0 Å². The molecule has 0 bridgehead atoms. The van der Waals surface area contributed by atoms with Gasteiger partial charge in [0, 0.05) is 16.6 Å². The Kier molecular flexibility index (Phi) is 3.92. The van der Waals surface area contributed by atoms with E-state index in [1.54, 1.807) is 19.2 Å². The van der Waals surface area contributed by atoms with Crippen LogP contribution in [0.5, 0.6) is 5.75 Å². The van der Waals surface area contributed by atoms with Gasteiger partial charge < -0.3 is 15.5 Å². The molecule has 0 saturated heterocycles. The summed E-state index contributed by atoms with van der Waals surface area (Å²) in [5, 5.41) is 22.2. The van der Waals surface area contributed by atoms with Crippen LogP contribution < -0.4 is 5.32 Å². The monoisotopic (exact) mass is 259 g/mol. The SMILES string of the molecule is CNCC(O)c1c(O)ccc(C)c1Br. The minimum Gasteiger partial charge on any atom is -0.508 e. The summed E-state index contributed by atoms with van der Waals surface area (Å²) < 4.78 is 0.764. The first-order valence-corrected chi connectivity index (χ1v) is 5.17. The van der Waals surface area contributed by atoms with Crippen molar-refractivity contribution in [3.63, 3.8) is 0 Å². The van der Waals surface area contributed by atoms with E-state index in [0.717, 1.165) is 10.0 Å². The quantitative estimate of drug-likeness (QED) is 0.775. The van der Waals surface area contributed by atoms with Crippen LogP contribution in [0.15, 0.2) is 16.6 Å². The van der Waals surface area contributed by atoms with Gasteiger partial charge in [-0.05, 0) is 41.5 Å². The van der Waals surface area contributed by atoms with Crippen molar-refractivity contribution >= 4 is 15.9 Å². The highest BCUT2D eigenvalue weighted by Crippen LogP contribution is 2.33. The van der Waals surface area contributed by atoms with Gasteiger partial charge in [0.25, 0.3) is 0 Å². The number of hydrogen-bond acceptors (Lipinski definition) is 3. The van der Waals surface area contributed by atoms with Crippen LogP contribution in [0, 0.1) is 6.92 Å². The molecule has 0 heterocycles. The number of phenols is 1. The average molecular weight is 260 g/mol. The van der Waals surface area contributed by atoms with Gasteiger partial charge in [-0.25, -0.2) is 0 Å². The van der Waals surface area contributed by atoms with Gasteiger partial charge in [0.2, 0.25) is 0 Å². The first kappa shape index (κ1) is 11.5. The molecule has 3 nitrogen and oxygen atoms in total. The van der Waals surface area contributed by atoms with Gasteiger partial charge in [-0.1, -0.05) is 6.07 Å². The average Bonchev–Trinajstić information content (AvgIpc) is 2.13. The summed E-state index contributed by atoms with van der Waals surface area (Å²) in [6.45, 7) is 2.33. The third-order valence-electron chi connectivity index (χ3n) is 2.08. The summed E-state index contributed by atoms with van der Waals surface area (Å²) in [7, 11) is 1.75. The van der Waals surface area contributed by atoms with Gasteiger partial charge in [-0.3, -0.25) is 0 Å². The maximum Gasteiger partial charge on any atom is 0.122 e. The predicted molar refractivity (Wildman–Crippen MR) is 59.4 cm³/mol. The Hall–Kier alpha value is -0.580. The zero-order valence-electron chi connectivity index (χ0n) is 8.21. The molecule has 0 saturated carbocycles. The zero-order chi connectivity index (χ0) is 10.7. The van der Waals surface area contributed by atoms with Gasteiger partial charge >= 0.3 is 0 Å². The van der Waals surface area contributed by atoms with Crippen LogP contribution in [0.2, 0.25) is 0 Å². The van der Waals surface area contributed by atoms with Gasteiger partial charge in [0.05, 0.1) is 6.10 Å². The highest BCUT2D eigenvalue weighted by Gasteiger charge is 2.16. The van der Waals surface area contributed by atoms with Crippen molar-refractivity contribution in [1.82, 2.24) is 5.32 Å². The lowest BCUT2D eigenvalue weighted by Gasteiger charge is -2.15. The first-order valence-electron chi connectivity index (χ1n) is 4.38. The lowest BCUT2D eigenvalue weighted by atomic mass is 10.1. The molecule has 1 rings (SSSR count). The maximum absolute atomic E-state index is 9.75. The number of benzene rings is 1. The van der Waals surface area contributed by atoms with Crippen molar-refractivity contribution in [2.75, 3.05) is 13.6 Å². The molecule has 0 aromatic heterocycles. The van der Waals surface area contributed by atoms with Crippen molar-refractivity contribution in [2.45, 2.75) is 13.0 Å². The van der Waals surface area contributed by atoms with E-state index < -0.39 is 6.10 Å². The number of nitrogens with one attached hydrogen (secondary N) is 1. The number of aryl methyl sites for hydroxylation is 1. The summed E-state index contributed by atoms with van der Waals surface area (Å²) in [5.41, 5.74) is 1.53. The van der Waals surface area contributed by atoms with Crippen molar-refractivity contribution in [3.8, 4) is 5.75 Å². The molecule has 0 aliphatic heterocycles. The van der Waals surface area contributed by atoms with E-state index in [4.69, 9.17) is 0 Å². The molecule has 78 valence electrons. The number of phenolic OH excluding ortho intramolecular Hbond substituents is 1. The normalized spacial score (nSPS) is 12.9. The standard InChI is InChI=1S/C10H14BrNO2/c1-6-3-4-7(13)9(10(6)11)8(14)5-12-2/h3-4,8,12-14H,5H2,1-2H3. The van der Waals surface area contributed by atoms with Crippen molar-refractivity contribution in [2.24, 2.45) is 0 Å². The van der Waals surface area contributed by atoms with Crippen molar-refractivity contribution in [1.29, 1.82) is 0 Å². The molecule has 0 amide bonds. The molecule has 0 aliphatic rings. The summed E-state index contributed by atoms with van der Waals surface area (Å²) in [6.07, 6.45) is -0.700. The molecule has 1 unspecified atom stereocenters. The smallest absolute Gasteiger partial charge is 0.122 e. The van der Waals surface area contributed by atoms with E-state index >= 15 is 0 Å². The van der Waals surface area contributed by atoms with E-state index in [1.165, 1.54) is 0 Å². The van der Waals surface area contributed by atoms with Crippen molar-refractivity contribution < 1.29 is 10.2 Å². The molecule has 3 N–H and O–H groups in total. The van der Waals surface area contributed by atoms with Gasteiger partial charge in [0.1, 0.15) is 5.75 Å². The third-order valence-corrected chi connectivity index (χ3v) is 3.13. The van der Waals surface area contributed by atoms with Crippen LogP contribution in [-0.4, -0.2) is 23.8 Å². The molecule has 1 atom stereocenters. The molecule has 1 aromatic rings. The topological polar surface area (TPSA) is 52.5 Å². The molecule has 1 aromatic carbocycles. The lowest BCUT2D eigenvalue weighted by Crippen LogP contribution is -2.17. The molecule has 0 spiro atoms. The number of halogens is 1. The van der Waals surface area contributed by atoms with E-state index in [0.29, 0.717) is 12.1 Å². The Bertz CT molecular complexity index is 328. The van der Waals surface area contributed by atoms with Gasteiger partial charge in [-0.2, -0.15) is 0 Å². The van der Waals surface area contributed by atoms with Crippen LogP contribution >= 0.6 is 15.9 Å².